The fourth-order valence-corrected chi connectivity index (χ4v) is 2.81. The van der Waals surface area contributed by atoms with Gasteiger partial charge in [-0.1, -0.05) is 32.0 Å². The molecule has 2 aromatic rings. The van der Waals surface area contributed by atoms with Gasteiger partial charge >= 0.3 is 12.1 Å². The number of benzene rings is 1. The van der Waals surface area contributed by atoms with Gasteiger partial charge in [-0.3, -0.25) is 4.79 Å². The van der Waals surface area contributed by atoms with Crippen LogP contribution in [-0.4, -0.2) is 39.7 Å². The van der Waals surface area contributed by atoms with Crippen molar-refractivity contribution in [3.8, 4) is 0 Å². The van der Waals surface area contributed by atoms with Crippen molar-refractivity contribution in [1.82, 2.24) is 4.98 Å². The van der Waals surface area contributed by atoms with Crippen LogP contribution in [-0.2, 0) is 9.53 Å². The first kappa shape index (κ1) is 21.1. The SMILES string of the molecule is CC(C)[C@@H](C(=O)O)N(C(=O)OC(C)(C)C)c1nc2ccccc2cc1C(N)=O. The van der Waals surface area contributed by atoms with Crippen LogP contribution in [0.1, 0.15) is 45.0 Å². The second-order valence-corrected chi connectivity index (χ2v) is 7.79. The molecule has 0 saturated carbocycles. The number of aromatic nitrogens is 1. The molecule has 2 rings (SSSR count). The van der Waals surface area contributed by atoms with Crippen molar-refractivity contribution < 1.29 is 24.2 Å². The Morgan fingerprint density at radius 3 is 2.29 bits per heavy atom. The number of amides is 2. The third-order valence-electron chi connectivity index (χ3n) is 3.95. The molecule has 1 heterocycles. The van der Waals surface area contributed by atoms with Crippen LogP contribution in [0.15, 0.2) is 30.3 Å². The molecule has 150 valence electrons. The fourth-order valence-electron chi connectivity index (χ4n) is 2.81. The first-order chi connectivity index (χ1) is 12.9. The van der Waals surface area contributed by atoms with Gasteiger partial charge in [-0.2, -0.15) is 0 Å². The van der Waals surface area contributed by atoms with Gasteiger partial charge in [0.1, 0.15) is 11.6 Å². The molecular weight excluding hydrogens is 362 g/mol. The van der Waals surface area contributed by atoms with Gasteiger partial charge in [0.05, 0.1) is 11.1 Å². The summed E-state index contributed by atoms with van der Waals surface area (Å²) in [5.74, 6) is -2.69. The van der Waals surface area contributed by atoms with E-state index in [1.165, 1.54) is 6.07 Å². The highest BCUT2D eigenvalue weighted by Gasteiger charge is 2.39. The summed E-state index contributed by atoms with van der Waals surface area (Å²) in [6, 6.07) is 7.15. The molecule has 0 bridgehead atoms. The molecule has 0 radical (unpaired) electrons. The summed E-state index contributed by atoms with van der Waals surface area (Å²) < 4.78 is 5.41. The van der Waals surface area contributed by atoms with Crippen LogP contribution in [0.3, 0.4) is 0 Å². The molecule has 1 aromatic carbocycles. The first-order valence-electron chi connectivity index (χ1n) is 8.87. The van der Waals surface area contributed by atoms with Gasteiger partial charge in [0.25, 0.3) is 5.91 Å². The highest BCUT2D eigenvalue weighted by Crippen LogP contribution is 2.29. The van der Waals surface area contributed by atoms with Crippen LogP contribution in [0.4, 0.5) is 10.6 Å². The molecule has 0 unspecified atom stereocenters. The van der Waals surface area contributed by atoms with Crippen LogP contribution in [0, 0.1) is 5.92 Å². The largest absolute Gasteiger partial charge is 0.480 e. The third-order valence-corrected chi connectivity index (χ3v) is 3.95. The number of rotatable bonds is 5. The Balaban J connectivity index is 2.78. The molecule has 8 heteroatoms. The molecule has 3 N–H and O–H groups in total. The number of para-hydroxylation sites is 1. The molecule has 0 fully saturated rings. The summed E-state index contributed by atoms with van der Waals surface area (Å²) in [5, 5.41) is 10.4. The van der Waals surface area contributed by atoms with Gasteiger partial charge in [-0.05, 0) is 38.8 Å². The average Bonchev–Trinajstić information content (AvgIpc) is 2.55. The highest BCUT2D eigenvalue weighted by molar-refractivity contribution is 6.06. The van der Waals surface area contributed by atoms with Crippen molar-refractivity contribution in [2.45, 2.75) is 46.3 Å². The lowest BCUT2D eigenvalue weighted by molar-refractivity contribution is -0.139. The zero-order valence-electron chi connectivity index (χ0n) is 16.6. The summed E-state index contributed by atoms with van der Waals surface area (Å²) in [6.45, 7) is 8.30. The van der Waals surface area contributed by atoms with Crippen LogP contribution < -0.4 is 10.6 Å². The lowest BCUT2D eigenvalue weighted by Crippen LogP contribution is -2.51. The van der Waals surface area contributed by atoms with E-state index in [0.29, 0.717) is 10.9 Å². The number of fused-ring (bicyclic) bond motifs is 1. The molecule has 0 aliphatic rings. The van der Waals surface area contributed by atoms with E-state index in [-0.39, 0.29) is 11.4 Å². The second-order valence-electron chi connectivity index (χ2n) is 7.79. The maximum absolute atomic E-state index is 13.0. The zero-order chi connectivity index (χ0) is 21.2. The Bertz CT molecular complexity index is 918. The summed E-state index contributed by atoms with van der Waals surface area (Å²) >= 11 is 0. The molecule has 28 heavy (non-hydrogen) atoms. The van der Waals surface area contributed by atoms with Gasteiger partial charge < -0.3 is 15.6 Å². The smallest absolute Gasteiger partial charge is 0.416 e. The molecule has 1 atom stereocenters. The topological polar surface area (TPSA) is 123 Å². The second kappa shape index (κ2) is 7.84. The molecular formula is C20H25N3O5. The average molecular weight is 387 g/mol. The number of nitrogens with two attached hydrogens (primary N) is 1. The van der Waals surface area contributed by atoms with Crippen LogP contribution in [0.2, 0.25) is 0 Å². The van der Waals surface area contributed by atoms with E-state index in [4.69, 9.17) is 10.5 Å². The summed E-state index contributed by atoms with van der Waals surface area (Å²) in [7, 11) is 0. The Kier molecular flexibility index (Phi) is 5.92. The highest BCUT2D eigenvalue weighted by atomic mass is 16.6. The summed E-state index contributed by atoms with van der Waals surface area (Å²) in [5.41, 5.74) is 5.07. The zero-order valence-corrected chi connectivity index (χ0v) is 16.6. The number of aliphatic carboxylic acids is 1. The number of primary amides is 1. The summed E-state index contributed by atoms with van der Waals surface area (Å²) in [4.78, 5) is 42.3. The number of hydrogen-bond donors (Lipinski definition) is 2. The van der Waals surface area contributed by atoms with Crippen molar-refractivity contribution in [2.75, 3.05) is 4.90 Å². The van der Waals surface area contributed by atoms with E-state index in [9.17, 15) is 19.5 Å². The van der Waals surface area contributed by atoms with Crippen molar-refractivity contribution >= 4 is 34.7 Å². The predicted molar refractivity (Wildman–Crippen MR) is 105 cm³/mol. The van der Waals surface area contributed by atoms with Gasteiger partial charge in [0.15, 0.2) is 5.82 Å². The Morgan fingerprint density at radius 2 is 1.79 bits per heavy atom. The summed E-state index contributed by atoms with van der Waals surface area (Å²) in [6.07, 6.45) is -0.918. The number of carboxylic acids is 1. The van der Waals surface area contributed by atoms with Crippen LogP contribution in [0.5, 0.6) is 0 Å². The van der Waals surface area contributed by atoms with Gasteiger partial charge in [-0.25, -0.2) is 19.5 Å². The Labute approximate surface area is 163 Å². The van der Waals surface area contributed by atoms with Gasteiger partial charge in [0.2, 0.25) is 0 Å². The number of anilines is 1. The van der Waals surface area contributed by atoms with E-state index in [1.54, 1.807) is 58.9 Å². The molecule has 8 nitrogen and oxygen atoms in total. The predicted octanol–water partition coefficient (Wildman–Crippen LogP) is 3.18. The number of ether oxygens (including phenoxy) is 1. The molecule has 0 spiro atoms. The first-order valence-corrected chi connectivity index (χ1v) is 8.87. The molecule has 2 amide bonds. The van der Waals surface area contributed by atoms with Crippen LogP contribution in [0.25, 0.3) is 10.9 Å². The van der Waals surface area contributed by atoms with E-state index >= 15 is 0 Å². The number of pyridine rings is 1. The monoisotopic (exact) mass is 387 g/mol. The number of nitrogens with zero attached hydrogens (tertiary/aromatic N) is 2. The number of hydrogen-bond acceptors (Lipinski definition) is 5. The lowest BCUT2D eigenvalue weighted by Gasteiger charge is -2.33. The van der Waals surface area contributed by atoms with Gasteiger partial charge in [0, 0.05) is 5.39 Å². The van der Waals surface area contributed by atoms with Crippen molar-refractivity contribution in [3.05, 3.63) is 35.9 Å². The van der Waals surface area contributed by atoms with E-state index in [2.05, 4.69) is 4.98 Å². The van der Waals surface area contributed by atoms with Crippen molar-refractivity contribution in [2.24, 2.45) is 11.7 Å². The Hall–Kier alpha value is -3.16. The molecule has 0 aliphatic heterocycles. The quantitative estimate of drug-likeness (QED) is 0.812. The molecule has 1 aromatic heterocycles. The lowest BCUT2D eigenvalue weighted by atomic mass is 10.0. The fraction of sp³-hybridized carbons (Fsp3) is 0.400. The minimum atomic E-state index is -1.30. The van der Waals surface area contributed by atoms with Crippen LogP contribution >= 0.6 is 0 Å². The maximum Gasteiger partial charge on any atom is 0.416 e. The molecule has 0 aliphatic carbocycles. The van der Waals surface area contributed by atoms with E-state index in [0.717, 1.165) is 4.90 Å². The number of carbonyl (C=O) groups excluding carboxylic acids is 2. The van der Waals surface area contributed by atoms with E-state index < -0.39 is 35.5 Å². The van der Waals surface area contributed by atoms with Crippen molar-refractivity contribution in [1.29, 1.82) is 0 Å². The van der Waals surface area contributed by atoms with Crippen molar-refractivity contribution in [3.63, 3.8) is 0 Å². The maximum atomic E-state index is 13.0. The van der Waals surface area contributed by atoms with Gasteiger partial charge in [-0.15, -0.1) is 0 Å². The minimum absolute atomic E-state index is 0.0588. The van der Waals surface area contributed by atoms with E-state index in [1.807, 2.05) is 0 Å². The minimum Gasteiger partial charge on any atom is -0.480 e. The Morgan fingerprint density at radius 1 is 1.18 bits per heavy atom. The normalized spacial score (nSPS) is 12.6. The third kappa shape index (κ3) is 4.57. The standard InChI is InChI=1S/C20H25N3O5/c1-11(2)15(18(25)26)23(19(27)28-20(3,4)5)17-13(16(21)24)10-12-8-6-7-9-14(12)22-17/h6-11,15H,1-5H3,(H2,21,24)(H,25,26)/t15-/m0/s1. The number of carboxylic acid groups (broad SMARTS) is 1. The number of carbonyl (C=O) groups is 3. The molecule has 0 saturated heterocycles.